The van der Waals surface area contributed by atoms with E-state index in [1.807, 2.05) is 0 Å². The van der Waals surface area contributed by atoms with Crippen molar-refractivity contribution in [3.63, 3.8) is 0 Å². The van der Waals surface area contributed by atoms with Crippen molar-refractivity contribution < 1.29 is 4.65 Å². The Morgan fingerprint density at radius 2 is 0.900 bits per heavy atom. The first-order valence-corrected chi connectivity index (χ1v) is 9.25. The van der Waals surface area contributed by atoms with Gasteiger partial charge >= 0.3 is 0 Å². The molecule has 2 heteroatoms. The average Bonchev–Trinajstić information content (AvgIpc) is 2.46. The molecule has 122 valence electrons. The van der Waals surface area contributed by atoms with Gasteiger partial charge in [0.2, 0.25) is 0 Å². The van der Waals surface area contributed by atoms with E-state index in [0.29, 0.717) is 0 Å². The van der Waals surface area contributed by atoms with E-state index in [-0.39, 0.29) is 4.65 Å². The molecule has 0 saturated carbocycles. The molecule has 0 aromatic rings. The summed E-state index contributed by atoms with van der Waals surface area (Å²) >= 11 is 0. The maximum Gasteiger partial charge on any atom is 0.0783 e. The van der Waals surface area contributed by atoms with Crippen LogP contribution in [0.15, 0.2) is 0 Å². The molecule has 20 heavy (non-hydrogen) atoms. The van der Waals surface area contributed by atoms with Crippen molar-refractivity contribution in [3.8, 4) is 0 Å². The van der Waals surface area contributed by atoms with Gasteiger partial charge in [-0.25, -0.2) is 0 Å². The lowest BCUT2D eigenvalue weighted by atomic mass is 10.1. The summed E-state index contributed by atoms with van der Waals surface area (Å²) in [7, 11) is 0. The highest BCUT2D eigenvalue weighted by Crippen LogP contribution is 2.14. The summed E-state index contributed by atoms with van der Waals surface area (Å²) in [5.74, 6) is 0. The Morgan fingerprint density at radius 3 is 1.25 bits per heavy atom. The predicted molar refractivity (Wildman–Crippen MR) is 90.7 cm³/mol. The van der Waals surface area contributed by atoms with Crippen LogP contribution in [-0.4, -0.2) is 24.3 Å². The van der Waals surface area contributed by atoms with E-state index in [0.717, 1.165) is 32.5 Å². The third kappa shape index (κ3) is 11.7. The fourth-order valence-corrected chi connectivity index (χ4v) is 2.79. The van der Waals surface area contributed by atoms with Gasteiger partial charge in [-0.05, 0) is 32.6 Å². The molecule has 2 nitrogen and oxygen atoms in total. The van der Waals surface area contributed by atoms with Gasteiger partial charge in [0.1, 0.15) is 0 Å². The summed E-state index contributed by atoms with van der Waals surface area (Å²) in [6.45, 7) is 8.99. The van der Waals surface area contributed by atoms with Crippen molar-refractivity contribution in [2.24, 2.45) is 0 Å². The topological polar surface area (TPSA) is 23.1 Å². The van der Waals surface area contributed by atoms with E-state index in [1.54, 1.807) is 0 Å². The molecule has 0 fully saturated rings. The normalized spacial score (nSPS) is 12.0. The van der Waals surface area contributed by atoms with Crippen molar-refractivity contribution in [2.45, 2.75) is 97.8 Å². The molecule has 0 saturated heterocycles. The van der Waals surface area contributed by atoms with E-state index in [4.69, 9.17) is 0 Å². The summed E-state index contributed by atoms with van der Waals surface area (Å²) in [5.41, 5.74) is 0. The van der Waals surface area contributed by atoms with Crippen molar-refractivity contribution in [3.05, 3.63) is 5.21 Å². The summed E-state index contributed by atoms with van der Waals surface area (Å²) in [6, 6.07) is 0. The zero-order chi connectivity index (χ0) is 15.1. The first-order chi connectivity index (χ1) is 9.68. The Kier molecular flexibility index (Phi) is 13.8. The van der Waals surface area contributed by atoms with Gasteiger partial charge in [0.15, 0.2) is 0 Å². The molecular formula is C18H39NO. The van der Waals surface area contributed by atoms with Gasteiger partial charge < -0.3 is 9.85 Å². The highest BCUT2D eigenvalue weighted by atomic mass is 16.5. The lowest BCUT2D eigenvalue weighted by Gasteiger charge is -2.42. The van der Waals surface area contributed by atoms with E-state index in [1.165, 1.54) is 64.2 Å². The number of unbranched alkanes of at least 4 members (excludes halogenated alkanes) is 10. The number of quaternary nitrogens is 1. The van der Waals surface area contributed by atoms with E-state index in [2.05, 4.69) is 20.8 Å². The molecule has 0 amide bonds. The second kappa shape index (κ2) is 13.9. The van der Waals surface area contributed by atoms with E-state index < -0.39 is 0 Å². The SMILES string of the molecule is CCCCCCCC[N+]([O-])(CC)CCCCCCCC. The molecule has 0 radical (unpaired) electrons. The van der Waals surface area contributed by atoms with Gasteiger partial charge in [0.25, 0.3) is 0 Å². The monoisotopic (exact) mass is 285 g/mol. The van der Waals surface area contributed by atoms with Crippen LogP contribution in [0.25, 0.3) is 0 Å². The van der Waals surface area contributed by atoms with Crippen LogP contribution in [0.2, 0.25) is 0 Å². The predicted octanol–water partition coefficient (Wildman–Crippen LogP) is 6.04. The zero-order valence-corrected chi connectivity index (χ0v) is 14.5. The Bertz CT molecular complexity index is 178. The first-order valence-electron chi connectivity index (χ1n) is 9.25. The number of nitrogens with zero attached hydrogens (tertiary/aromatic N) is 1. The maximum atomic E-state index is 12.6. The fraction of sp³-hybridized carbons (Fsp3) is 1.00. The molecule has 0 aliphatic heterocycles. The Morgan fingerprint density at radius 1 is 0.550 bits per heavy atom. The highest BCUT2D eigenvalue weighted by molar-refractivity contribution is 4.50. The van der Waals surface area contributed by atoms with Crippen molar-refractivity contribution in [1.29, 1.82) is 0 Å². The molecule has 0 unspecified atom stereocenters. The van der Waals surface area contributed by atoms with Gasteiger partial charge in [-0.1, -0.05) is 65.2 Å². The van der Waals surface area contributed by atoms with Crippen LogP contribution in [0.5, 0.6) is 0 Å². The van der Waals surface area contributed by atoms with Crippen LogP contribution < -0.4 is 0 Å². The molecule has 0 aromatic heterocycles. The second-order valence-corrected chi connectivity index (χ2v) is 6.36. The second-order valence-electron chi connectivity index (χ2n) is 6.36. The summed E-state index contributed by atoms with van der Waals surface area (Å²) in [4.78, 5) is 0. The van der Waals surface area contributed by atoms with Gasteiger partial charge in [-0.3, -0.25) is 0 Å². The first kappa shape index (κ1) is 19.9. The minimum absolute atomic E-state index is 0.0571. The lowest BCUT2D eigenvalue weighted by molar-refractivity contribution is -0.879. The molecule has 0 aliphatic carbocycles. The Labute approximate surface area is 128 Å². The van der Waals surface area contributed by atoms with E-state index >= 15 is 0 Å². The number of hydrogen-bond donors (Lipinski definition) is 0. The molecule has 0 N–H and O–H groups in total. The zero-order valence-electron chi connectivity index (χ0n) is 14.5. The molecule has 0 atom stereocenters. The van der Waals surface area contributed by atoms with Crippen molar-refractivity contribution >= 4 is 0 Å². The van der Waals surface area contributed by atoms with Crippen LogP contribution in [0.3, 0.4) is 0 Å². The smallest absolute Gasteiger partial charge is 0.0783 e. The van der Waals surface area contributed by atoms with Gasteiger partial charge in [-0.2, -0.15) is 0 Å². The quantitative estimate of drug-likeness (QED) is 0.204. The maximum absolute atomic E-state index is 12.6. The average molecular weight is 286 g/mol. The number of hydrogen-bond acceptors (Lipinski definition) is 1. The van der Waals surface area contributed by atoms with Crippen molar-refractivity contribution in [2.75, 3.05) is 19.6 Å². The highest BCUT2D eigenvalue weighted by Gasteiger charge is 2.13. The summed E-state index contributed by atoms with van der Waals surface area (Å²) in [5, 5.41) is 12.6. The lowest BCUT2D eigenvalue weighted by Crippen LogP contribution is -2.43. The molecule has 0 spiro atoms. The number of rotatable bonds is 15. The third-order valence-corrected chi connectivity index (χ3v) is 4.41. The largest absolute Gasteiger partial charge is 0.633 e. The van der Waals surface area contributed by atoms with Gasteiger partial charge in [0, 0.05) is 0 Å². The Balaban J connectivity index is 3.57. The van der Waals surface area contributed by atoms with Gasteiger partial charge in [-0.15, -0.1) is 0 Å². The number of hydroxylamine groups is 3. The van der Waals surface area contributed by atoms with Crippen LogP contribution in [0.1, 0.15) is 97.8 Å². The van der Waals surface area contributed by atoms with Crippen molar-refractivity contribution in [1.82, 2.24) is 0 Å². The van der Waals surface area contributed by atoms with Gasteiger partial charge in [0.05, 0.1) is 19.6 Å². The minimum atomic E-state index is 0.0571. The molecule has 0 aliphatic rings. The third-order valence-electron chi connectivity index (χ3n) is 4.41. The van der Waals surface area contributed by atoms with Crippen LogP contribution >= 0.6 is 0 Å². The molecule has 0 bridgehead atoms. The minimum Gasteiger partial charge on any atom is -0.633 e. The molecule has 0 aromatic carbocycles. The Hall–Kier alpha value is -0.0800. The van der Waals surface area contributed by atoms with E-state index in [9.17, 15) is 5.21 Å². The standard InChI is InChI=1S/C18H39NO/c1-4-7-9-11-13-15-17-19(20,6-3)18-16-14-12-10-8-5-2/h4-18H2,1-3H3. The summed E-state index contributed by atoms with van der Waals surface area (Å²) < 4.78 is 0.0571. The fourth-order valence-electron chi connectivity index (χ4n) is 2.79. The van der Waals surface area contributed by atoms with Crippen LogP contribution in [0, 0.1) is 5.21 Å². The molecule has 0 rings (SSSR count). The molecule has 0 heterocycles. The van der Waals surface area contributed by atoms with Crippen LogP contribution in [0.4, 0.5) is 0 Å². The molecular weight excluding hydrogens is 246 g/mol. The van der Waals surface area contributed by atoms with Crippen LogP contribution in [-0.2, 0) is 0 Å². The summed E-state index contributed by atoms with van der Waals surface area (Å²) in [6.07, 6.45) is 15.4.